The van der Waals surface area contributed by atoms with Crippen molar-refractivity contribution in [1.29, 1.82) is 0 Å². The van der Waals surface area contributed by atoms with E-state index in [0.29, 0.717) is 22.3 Å². The number of hydrogen-bond acceptors (Lipinski definition) is 4. The molecule has 0 atom stereocenters. The highest BCUT2D eigenvalue weighted by Gasteiger charge is 2.33. The molecule has 0 saturated heterocycles. The van der Waals surface area contributed by atoms with Crippen molar-refractivity contribution in [3.63, 3.8) is 0 Å². The zero-order valence-electron chi connectivity index (χ0n) is 12.5. The topological polar surface area (TPSA) is 42.1 Å². The van der Waals surface area contributed by atoms with Crippen LogP contribution in [0.15, 0.2) is 24.4 Å². The largest absolute Gasteiger partial charge is 0.427 e. The molecule has 1 aromatic carbocycles. The van der Waals surface area contributed by atoms with E-state index in [1.165, 1.54) is 10.6 Å². The fourth-order valence-electron chi connectivity index (χ4n) is 2.46. The molecule has 3 rings (SSSR count). The van der Waals surface area contributed by atoms with Gasteiger partial charge in [-0.3, -0.25) is 0 Å². The molecule has 2 N–H and O–H groups in total. The Morgan fingerprint density at radius 2 is 2.04 bits per heavy atom. The lowest BCUT2D eigenvalue weighted by Gasteiger charge is -2.18. The Kier molecular flexibility index (Phi) is 4.16. The Labute approximate surface area is 136 Å². The summed E-state index contributed by atoms with van der Waals surface area (Å²) in [6.07, 6.45) is 2.22. The molecule has 1 aliphatic rings. The Morgan fingerprint density at radius 3 is 2.61 bits per heavy atom. The number of rotatable bonds is 4. The zero-order valence-corrected chi connectivity index (χ0v) is 13.3. The summed E-state index contributed by atoms with van der Waals surface area (Å²) in [6.45, 7) is 0. The van der Waals surface area contributed by atoms with E-state index >= 15 is 0 Å². The van der Waals surface area contributed by atoms with Crippen molar-refractivity contribution in [1.82, 2.24) is 4.98 Å². The molecule has 0 spiro atoms. The van der Waals surface area contributed by atoms with Crippen molar-refractivity contribution in [2.24, 2.45) is 5.84 Å². The molecule has 1 aromatic heterocycles. The number of nitrogens with zero attached hydrogens (tertiary/aromatic N) is 2. The van der Waals surface area contributed by atoms with Gasteiger partial charge in [0.05, 0.1) is 11.9 Å². The van der Waals surface area contributed by atoms with E-state index in [2.05, 4.69) is 4.98 Å². The Hall–Kier alpha value is -1.86. The molecule has 1 saturated carbocycles. The van der Waals surface area contributed by atoms with Crippen LogP contribution in [0.3, 0.4) is 0 Å². The van der Waals surface area contributed by atoms with Gasteiger partial charge in [0.15, 0.2) is 0 Å². The van der Waals surface area contributed by atoms with Crippen molar-refractivity contribution in [2.45, 2.75) is 24.9 Å². The average Bonchev–Trinajstić information content (AvgIpc) is 3.21. The maximum Gasteiger partial charge on any atom is 0.427 e. The van der Waals surface area contributed by atoms with E-state index < -0.39 is 11.1 Å². The van der Waals surface area contributed by atoms with Gasteiger partial charge in [0, 0.05) is 12.6 Å². The van der Waals surface area contributed by atoms with Crippen LogP contribution in [0.25, 0.3) is 12.2 Å². The molecule has 0 unspecified atom stereocenters. The Balaban J connectivity index is 1.94. The van der Waals surface area contributed by atoms with E-state index in [4.69, 9.17) is 5.84 Å². The van der Waals surface area contributed by atoms with Crippen LogP contribution in [0.1, 0.15) is 39.8 Å². The van der Waals surface area contributed by atoms with Crippen LogP contribution in [0.2, 0.25) is 0 Å². The third-order valence-electron chi connectivity index (χ3n) is 3.71. The Bertz CT molecular complexity index is 710. The summed E-state index contributed by atoms with van der Waals surface area (Å²) in [7, 11) is 1.74. The number of hydrogen-bond donors (Lipinski definition) is 1. The minimum Gasteiger partial charge on any atom is -0.314 e. The van der Waals surface area contributed by atoms with Gasteiger partial charge < -0.3 is 5.01 Å². The minimum atomic E-state index is -4.35. The van der Waals surface area contributed by atoms with Gasteiger partial charge in [-0.05, 0) is 42.5 Å². The molecule has 7 heteroatoms. The normalized spacial score (nSPS) is 15.3. The summed E-state index contributed by atoms with van der Waals surface area (Å²) in [5, 5.41) is 1.85. The molecule has 1 heterocycles. The second-order valence-corrected chi connectivity index (χ2v) is 6.62. The highest BCUT2D eigenvalue weighted by atomic mass is 32.1. The highest BCUT2D eigenvalue weighted by molar-refractivity contribution is 7.12. The second kappa shape index (κ2) is 5.98. The number of thiazole rings is 1. The molecule has 0 aliphatic heterocycles. The standard InChI is InChI=1S/C16H16F3N3S/c1-22(20)13-4-2-3-11(10-5-6-10)12(13)7-8-15-21-9-14(23-15)16(17,18)19/h2-4,7-10H,5-6,20H2,1H3/b8-7+. The molecular formula is C16H16F3N3S. The van der Waals surface area contributed by atoms with Crippen molar-refractivity contribution in [2.75, 3.05) is 12.1 Å². The number of nitrogens with two attached hydrogens (primary N) is 1. The molecule has 2 aromatic rings. The molecule has 0 bridgehead atoms. The Morgan fingerprint density at radius 1 is 1.30 bits per heavy atom. The summed E-state index contributed by atoms with van der Waals surface area (Å²) in [5.74, 6) is 6.38. The predicted octanol–water partition coefficient (Wildman–Crippen LogP) is 4.52. The first-order chi connectivity index (χ1) is 10.9. The van der Waals surface area contributed by atoms with Gasteiger partial charge in [0.1, 0.15) is 9.88 Å². The molecule has 23 heavy (non-hydrogen) atoms. The number of alkyl halides is 3. The van der Waals surface area contributed by atoms with Gasteiger partial charge in [-0.25, -0.2) is 10.8 Å². The van der Waals surface area contributed by atoms with E-state index in [-0.39, 0.29) is 0 Å². The van der Waals surface area contributed by atoms with Crippen molar-refractivity contribution < 1.29 is 13.2 Å². The summed E-state index contributed by atoms with van der Waals surface area (Å²) in [6, 6.07) is 5.90. The fraction of sp³-hybridized carbons (Fsp3) is 0.312. The van der Waals surface area contributed by atoms with E-state index in [1.807, 2.05) is 24.3 Å². The van der Waals surface area contributed by atoms with Gasteiger partial charge in [0.2, 0.25) is 0 Å². The van der Waals surface area contributed by atoms with E-state index in [1.54, 1.807) is 13.1 Å². The number of hydrazine groups is 1. The lowest BCUT2D eigenvalue weighted by molar-refractivity contribution is -0.134. The molecule has 122 valence electrons. The molecule has 0 amide bonds. The van der Waals surface area contributed by atoms with Crippen LogP contribution in [0.4, 0.5) is 18.9 Å². The van der Waals surface area contributed by atoms with E-state index in [9.17, 15) is 13.2 Å². The molecule has 1 fully saturated rings. The summed E-state index contributed by atoms with van der Waals surface area (Å²) in [4.78, 5) is 3.14. The first kappa shape index (κ1) is 16.0. The van der Waals surface area contributed by atoms with Crippen LogP contribution in [0, 0.1) is 0 Å². The first-order valence-corrected chi connectivity index (χ1v) is 8.00. The predicted molar refractivity (Wildman–Crippen MR) is 87.1 cm³/mol. The third kappa shape index (κ3) is 3.56. The first-order valence-electron chi connectivity index (χ1n) is 7.18. The third-order valence-corrected chi connectivity index (χ3v) is 4.72. The monoisotopic (exact) mass is 339 g/mol. The zero-order chi connectivity index (χ0) is 16.6. The quantitative estimate of drug-likeness (QED) is 0.658. The van der Waals surface area contributed by atoms with Crippen LogP contribution in [-0.4, -0.2) is 12.0 Å². The number of halogens is 3. The summed E-state index contributed by atoms with van der Waals surface area (Å²) < 4.78 is 37.9. The summed E-state index contributed by atoms with van der Waals surface area (Å²) in [5.41, 5.74) is 2.98. The lowest BCUT2D eigenvalue weighted by Crippen LogP contribution is -2.26. The number of aromatic nitrogens is 1. The SMILES string of the molecule is CN(N)c1cccc(C2CC2)c1/C=C/c1ncc(C(F)(F)F)s1. The number of benzene rings is 1. The fourth-order valence-corrected chi connectivity index (χ4v) is 3.15. The van der Waals surface area contributed by atoms with Crippen LogP contribution in [0.5, 0.6) is 0 Å². The summed E-state index contributed by atoms with van der Waals surface area (Å²) >= 11 is 0.635. The average molecular weight is 339 g/mol. The van der Waals surface area contributed by atoms with Gasteiger partial charge in [0.25, 0.3) is 0 Å². The van der Waals surface area contributed by atoms with Gasteiger partial charge in [-0.2, -0.15) is 13.2 Å². The smallest absolute Gasteiger partial charge is 0.314 e. The van der Waals surface area contributed by atoms with E-state index in [0.717, 1.165) is 30.3 Å². The highest BCUT2D eigenvalue weighted by Crippen LogP contribution is 2.44. The van der Waals surface area contributed by atoms with Crippen LogP contribution < -0.4 is 10.9 Å². The van der Waals surface area contributed by atoms with Crippen molar-refractivity contribution in [3.8, 4) is 0 Å². The molecular weight excluding hydrogens is 323 g/mol. The molecule has 1 aliphatic carbocycles. The maximum absolute atomic E-state index is 12.6. The maximum atomic E-state index is 12.6. The molecule has 0 radical (unpaired) electrons. The van der Waals surface area contributed by atoms with Gasteiger partial charge in [-0.15, -0.1) is 11.3 Å². The van der Waals surface area contributed by atoms with Gasteiger partial charge >= 0.3 is 6.18 Å². The lowest BCUT2D eigenvalue weighted by atomic mass is 10.0. The van der Waals surface area contributed by atoms with Crippen molar-refractivity contribution in [3.05, 3.63) is 45.4 Å². The number of anilines is 1. The van der Waals surface area contributed by atoms with Crippen LogP contribution >= 0.6 is 11.3 Å². The second-order valence-electron chi connectivity index (χ2n) is 5.56. The van der Waals surface area contributed by atoms with Crippen LogP contribution in [-0.2, 0) is 6.18 Å². The minimum absolute atomic E-state index is 0.327. The van der Waals surface area contributed by atoms with Gasteiger partial charge in [-0.1, -0.05) is 12.1 Å². The van der Waals surface area contributed by atoms with Crippen molar-refractivity contribution >= 4 is 29.2 Å². The molecule has 3 nitrogen and oxygen atoms in total.